The Hall–Kier alpha value is -2.48. The van der Waals surface area contributed by atoms with Gasteiger partial charge in [0.2, 0.25) is 0 Å². The van der Waals surface area contributed by atoms with E-state index < -0.39 is 0 Å². The fraction of sp³-hybridized carbons (Fsp3) is 0.630. The van der Waals surface area contributed by atoms with Crippen molar-refractivity contribution >= 4 is 17.3 Å². The van der Waals surface area contributed by atoms with Crippen LogP contribution in [0, 0.1) is 34.5 Å². The molecule has 1 atom stereocenters. The molecule has 1 aromatic carbocycles. The highest BCUT2D eigenvalue weighted by Gasteiger charge is 2.53. The van der Waals surface area contributed by atoms with Gasteiger partial charge in [0.15, 0.2) is 0 Å². The van der Waals surface area contributed by atoms with E-state index in [0.717, 1.165) is 36.5 Å². The van der Waals surface area contributed by atoms with Gasteiger partial charge in [-0.1, -0.05) is 0 Å². The summed E-state index contributed by atoms with van der Waals surface area (Å²) < 4.78 is 0. The highest BCUT2D eigenvalue weighted by molar-refractivity contribution is 5.97. The van der Waals surface area contributed by atoms with Crippen molar-refractivity contribution in [2.75, 3.05) is 23.3 Å². The molecule has 1 unspecified atom stereocenters. The van der Waals surface area contributed by atoms with E-state index in [4.69, 9.17) is 0 Å². The maximum atomic E-state index is 12.9. The molecule has 170 valence electrons. The molecule has 0 radical (unpaired) electrons. The number of hydrogen-bond donors (Lipinski definition) is 2. The Morgan fingerprint density at radius 1 is 1.06 bits per heavy atom. The van der Waals surface area contributed by atoms with Gasteiger partial charge in [-0.15, -0.1) is 0 Å². The first-order chi connectivity index (χ1) is 15.5. The summed E-state index contributed by atoms with van der Waals surface area (Å²) in [6.07, 6.45) is 13.3. The van der Waals surface area contributed by atoms with E-state index >= 15 is 0 Å². The molecule has 2 N–H and O–H groups in total. The molecule has 1 amide bonds. The molecule has 4 aliphatic carbocycles. The molecule has 6 rings (SSSR count). The van der Waals surface area contributed by atoms with E-state index in [1.807, 2.05) is 12.1 Å². The Kier molecular flexibility index (Phi) is 5.88. The zero-order chi connectivity index (χ0) is 22.1. The van der Waals surface area contributed by atoms with Gasteiger partial charge in [0.1, 0.15) is 11.6 Å². The van der Waals surface area contributed by atoms with Gasteiger partial charge >= 0.3 is 0 Å². The largest absolute Gasteiger partial charge is 0.372 e. The number of nitrogens with one attached hydrogen (secondary N) is 2. The van der Waals surface area contributed by atoms with Gasteiger partial charge in [-0.25, -0.2) is 0 Å². The van der Waals surface area contributed by atoms with Gasteiger partial charge in [-0.2, -0.15) is 5.26 Å². The smallest absolute Gasteiger partial charge is 0.263 e. The highest BCUT2D eigenvalue weighted by Crippen LogP contribution is 2.61. The molecule has 5 aliphatic rings. The number of nitriles is 1. The van der Waals surface area contributed by atoms with E-state index in [9.17, 15) is 10.1 Å². The molecule has 5 nitrogen and oxygen atoms in total. The lowest BCUT2D eigenvalue weighted by Gasteiger charge is -2.59. The van der Waals surface area contributed by atoms with Crippen LogP contribution in [0.4, 0.5) is 11.4 Å². The first kappa shape index (κ1) is 21.4. The lowest BCUT2D eigenvalue weighted by atomic mass is 9.48. The van der Waals surface area contributed by atoms with Crippen molar-refractivity contribution in [1.82, 2.24) is 5.32 Å². The van der Waals surface area contributed by atoms with Crippen molar-refractivity contribution < 1.29 is 4.79 Å². The molecular formula is C27H36N4O. The van der Waals surface area contributed by atoms with Gasteiger partial charge in [-0.3, -0.25) is 4.79 Å². The van der Waals surface area contributed by atoms with Crippen molar-refractivity contribution in [2.45, 2.75) is 70.8 Å². The number of nitrogens with zero attached hydrogens (tertiary/aromatic N) is 2. The van der Waals surface area contributed by atoms with Crippen LogP contribution >= 0.6 is 0 Å². The number of rotatable bonds is 6. The molecule has 4 bridgehead atoms. The molecule has 5 heteroatoms. The maximum absolute atomic E-state index is 12.9. The highest BCUT2D eigenvalue weighted by atomic mass is 16.1. The number of amides is 1. The van der Waals surface area contributed by atoms with Crippen molar-refractivity contribution in [3.63, 3.8) is 0 Å². The number of anilines is 2. The zero-order valence-electron chi connectivity index (χ0n) is 19.3. The Balaban J connectivity index is 1.20. The van der Waals surface area contributed by atoms with Gasteiger partial charge in [0.05, 0.1) is 0 Å². The second-order valence-electron chi connectivity index (χ2n) is 10.9. The van der Waals surface area contributed by atoms with Gasteiger partial charge in [0, 0.05) is 36.7 Å². The van der Waals surface area contributed by atoms with E-state index in [0.29, 0.717) is 0 Å². The summed E-state index contributed by atoms with van der Waals surface area (Å²) in [5.74, 6) is 2.29. The predicted molar refractivity (Wildman–Crippen MR) is 128 cm³/mol. The minimum atomic E-state index is -0.256. The lowest BCUT2D eigenvalue weighted by Crippen LogP contribution is -2.56. The molecule has 1 aliphatic heterocycles. The van der Waals surface area contributed by atoms with E-state index in [2.05, 4.69) is 40.7 Å². The molecule has 1 aromatic rings. The average Bonchev–Trinajstić information content (AvgIpc) is 2.79. The average molecular weight is 433 g/mol. The summed E-state index contributed by atoms with van der Waals surface area (Å²) >= 11 is 0. The third-order valence-corrected chi connectivity index (χ3v) is 8.69. The third kappa shape index (κ3) is 4.25. The molecule has 0 spiro atoms. The van der Waals surface area contributed by atoms with Gasteiger partial charge < -0.3 is 15.5 Å². The van der Waals surface area contributed by atoms with Crippen LogP contribution in [0.3, 0.4) is 0 Å². The van der Waals surface area contributed by atoms with Crippen LogP contribution in [0.5, 0.6) is 0 Å². The minimum absolute atomic E-state index is 0.115. The Labute approximate surface area is 192 Å². The summed E-state index contributed by atoms with van der Waals surface area (Å²) in [6.45, 7) is 4.40. The standard InChI is InChI=1S/C27H36N4O/c1-19(27-14-20-11-21(15-27)13-22(12-20)16-27)30-26(32)23(17-28)18-29-24-5-7-25(8-6-24)31-9-3-2-4-10-31/h5-8,18-22,29H,2-4,9-16H2,1H3,(H,30,32)/b23-18-. The topological polar surface area (TPSA) is 68.2 Å². The predicted octanol–water partition coefficient (Wildman–Crippen LogP) is 5.22. The summed E-state index contributed by atoms with van der Waals surface area (Å²) in [4.78, 5) is 15.3. The molecule has 0 aromatic heterocycles. The second-order valence-corrected chi connectivity index (χ2v) is 10.9. The van der Waals surface area contributed by atoms with Crippen LogP contribution in [0.15, 0.2) is 36.0 Å². The van der Waals surface area contributed by atoms with Crippen molar-refractivity contribution in [3.8, 4) is 6.07 Å². The molecule has 1 saturated heterocycles. The summed E-state index contributed by atoms with van der Waals surface area (Å²) in [5.41, 5.74) is 2.51. The fourth-order valence-electron chi connectivity index (χ4n) is 7.36. The van der Waals surface area contributed by atoms with Crippen LogP contribution in [0.2, 0.25) is 0 Å². The minimum Gasteiger partial charge on any atom is -0.372 e. The first-order valence-electron chi connectivity index (χ1n) is 12.6. The van der Waals surface area contributed by atoms with E-state index in [1.165, 1.54) is 63.5 Å². The summed E-state index contributed by atoms with van der Waals surface area (Å²) in [6, 6.07) is 10.5. The molecule has 32 heavy (non-hydrogen) atoms. The maximum Gasteiger partial charge on any atom is 0.263 e. The third-order valence-electron chi connectivity index (χ3n) is 8.69. The van der Waals surface area contributed by atoms with Crippen LogP contribution in [-0.4, -0.2) is 25.0 Å². The van der Waals surface area contributed by atoms with Crippen LogP contribution in [-0.2, 0) is 4.79 Å². The van der Waals surface area contributed by atoms with Gasteiger partial charge in [-0.05, 0) is 112 Å². The second kappa shape index (κ2) is 8.81. The SMILES string of the molecule is CC(NC(=O)/C(C#N)=C\Nc1ccc(N2CCCCC2)cc1)C12CC3CC(CC(C3)C1)C2. The van der Waals surface area contributed by atoms with Crippen LogP contribution in [0.25, 0.3) is 0 Å². The van der Waals surface area contributed by atoms with Crippen LogP contribution < -0.4 is 15.5 Å². The number of carbonyl (C=O) groups is 1. The summed E-state index contributed by atoms with van der Waals surface area (Å²) in [7, 11) is 0. The molecular weight excluding hydrogens is 396 g/mol. The van der Waals surface area contributed by atoms with Crippen LogP contribution in [0.1, 0.15) is 64.7 Å². The Bertz CT molecular complexity index is 871. The quantitative estimate of drug-likeness (QED) is 0.478. The van der Waals surface area contributed by atoms with E-state index in [-0.39, 0.29) is 22.9 Å². The Morgan fingerprint density at radius 3 is 2.22 bits per heavy atom. The number of benzene rings is 1. The van der Waals surface area contributed by atoms with Crippen molar-refractivity contribution in [3.05, 3.63) is 36.0 Å². The lowest BCUT2D eigenvalue weighted by molar-refractivity contribution is -0.122. The van der Waals surface area contributed by atoms with Crippen molar-refractivity contribution in [2.24, 2.45) is 23.2 Å². The molecule has 1 heterocycles. The molecule has 5 fully saturated rings. The monoisotopic (exact) mass is 432 g/mol. The fourth-order valence-corrected chi connectivity index (χ4v) is 7.36. The molecule has 4 saturated carbocycles. The Morgan fingerprint density at radius 2 is 1.66 bits per heavy atom. The van der Waals surface area contributed by atoms with Crippen molar-refractivity contribution in [1.29, 1.82) is 5.26 Å². The number of piperidine rings is 1. The zero-order valence-corrected chi connectivity index (χ0v) is 19.3. The van der Waals surface area contributed by atoms with Gasteiger partial charge in [0.25, 0.3) is 5.91 Å². The van der Waals surface area contributed by atoms with E-state index in [1.54, 1.807) is 6.20 Å². The number of hydrogen-bond acceptors (Lipinski definition) is 4. The first-order valence-corrected chi connectivity index (χ1v) is 12.6. The normalized spacial score (nSPS) is 32.3. The summed E-state index contributed by atoms with van der Waals surface area (Å²) in [5, 5.41) is 16.0. The number of carbonyl (C=O) groups excluding carboxylic acids is 1.